The number of amides is 1. The van der Waals surface area contributed by atoms with E-state index in [1.165, 1.54) is 0 Å². The number of nitrogens with zero attached hydrogens (tertiary/aromatic N) is 1. The number of rotatable bonds is 2. The lowest BCUT2D eigenvalue weighted by molar-refractivity contribution is -0.147. The number of hydrogen-bond acceptors (Lipinski definition) is 3. The van der Waals surface area contributed by atoms with Crippen molar-refractivity contribution in [1.82, 2.24) is 4.90 Å². The van der Waals surface area contributed by atoms with Gasteiger partial charge < -0.3 is 14.7 Å². The van der Waals surface area contributed by atoms with Gasteiger partial charge in [0.25, 0.3) is 0 Å². The fraction of sp³-hybridized carbons (Fsp3) is 0.867. The van der Waals surface area contributed by atoms with E-state index >= 15 is 0 Å². The number of hydrogen-bond donors (Lipinski definition) is 1. The Morgan fingerprint density at radius 1 is 1.30 bits per heavy atom. The molecule has 0 aromatic heterocycles. The van der Waals surface area contributed by atoms with Gasteiger partial charge in [0, 0.05) is 6.54 Å². The molecule has 2 aliphatic rings. The smallest absolute Gasteiger partial charge is 0.410 e. The Balaban J connectivity index is 2.20. The van der Waals surface area contributed by atoms with Gasteiger partial charge in [0.1, 0.15) is 5.60 Å². The molecule has 0 radical (unpaired) electrons. The van der Waals surface area contributed by atoms with Crippen LogP contribution in [-0.4, -0.2) is 40.3 Å². The minimum Gasteiger partial charge on any atom is -0.481 e. The van der Waals surface area contributed by atoms with Crippen molar-refractivity contribution in [1.29, 1.82) is 0 Å². The third-order valence-electron chi connectivity index (χ3n) is 4.63. The van der Waals surface area contributed by atoms with Gasteiger partial charge in [0.2, 0.25) is 0 Å². The maximum atomic E-state index is 12.3. The molecule has 1 saturated heterocycles. The van der Waals surface area contributed by atoms with Crippen LogP contribution in [0.3, 0.4) is 0 Å². The van der Waals surface area contributed by atoms with Crippen LogP contribution in [0.1, 0.15) is 53.9 Å². The SMILES string of the molecule is CC(C)(C)OC(=O)N1CCCC1C1(C(=O)O)CC1(C)C. The van der Waals surface area contributed by atoms with Crippen LogP contribution < -0.4 is 0 Å². The van der Waals surface area contributed by atoms with Crippen LogP contribution in [0.2, 0.25) is 0 Å². The topological polar surface area (TPSA) is 66.8 Å². The van der Waals surface area contributed by atoms with E-state index in [0.29, 0.717) is 13.0 Å². The van der Waals surface area contributed by atoms with E-state index in [1.54, 1.807) is 4.90 Å². The van der Waals surface area contributed by atoms with Gasteiger partial charge >= 0.3 is 12.1 Å². The van der Waals surface area contributed by atoms with E-state index in [4.69, 9.17) is 4.74 Å². The number of aliphatic carboxylic acids is 1. The van der Waals surface area contributed by atoms with Crippen molar-refractivity contribution in [3.05, 3.63) is 0 Å². The van der Waals surface area contributed by atoms with E-state index in [9.17, 15) is 14.7 Å². The molecule has 2 fully saturated rings. The molecule has 0 bridgehead atoms. The molecule has 0 aromatic carbocycles. The predicted octanol–water partition coefficient (Wildman–Crippen LogP) is 2.89. The van der Waals surface area contributed by atoms with E-state index in [2.05, 4.69) is 0 Å². The maximum Gasteiger partial charge on any atom is 0.410 e. The van der Waals surface area contributed by atoms with Crippen LogP contribution in [0.4, 0.5) is 4.79 Å². The second kappa shape index (κ2) is 4.37. The summed E-state index contributed by atoms with van der Waals surface area (Å²) in [5.74, 6) is -0.789. The van der Waals surface area contributed by atoms with Gasteiger partial charge in [-0.25, -0.2) is 4.79 Å². The molecule has 0 spiro atoms. The molecule has 1 amide bonds. The van der Waals surface area contributed by atoms with Crippen molar-refractivity contribution < 1.29 is 19.4 Å². The van der Waals surface area contributed by atoms with Crippen LogP contribution in [0.15, 0.2) is 0 Å². The largest absolute Gasteiger partial charge is 0.481 e. The van der Waals surface area contributed by atoms with E-state index < -0.39 is 17.0 Å². The first-order chi connectivity index (χ1) is 9.01. The number of carboxylic acids is 1. The van der Waals surface area contributed by atoms with Crippen molar-refractivity contribution in [3.63, 3.8) is 0 Å². The van der Waals surface area contributed by atoms with Gasteiger partial charge in [0.15, 0.2) is 0 Å². The lowest BCUT2D eigenvalue weighted by atomic mass is 9.86. The van der Waals surface area contributed by atoms with E-state index in [0.717, 1.165) is 12.8 Å². The zero-order valence-electron chi connectivity index (χ0n) is 13.0. The van der Waals surface area contributed by atoms with Crippen molar-refractivity contribution in [3.8, 4) is 0 Å². The Bertz CT molecular complexity index is 438. The summed E-state index contributed by atoms with van der Waals surface area (Å²) in [6, 6.07) is -0.246. The third-order valence-corrected chi connectivity index (χ3v) is 4.63. The highest BCUT2D eigenvalue weighted by molar-refractivity contribution is 5.82. The lowest BCUT2D eigenvalue weighted by Crippen LogP contribution is -2.47. The quantitative estimate of drug-likeness (QED) is 0.846. The standard InChI is InChI=1S/C15H25NO4/c1-13(2,3)20-12(19)16-8-6-7-10(16)15(11(17)18)9-14(15,4)5/h10H,6-9H2,1-5H3,(H,17,18). The van der Waals surface area contributed by atoms with Gasteiger partial charge in [-0.2, -0.15) is 0 Å². The minimum absolute atomic E-state index is 0.246. The Hall–Kier alpha value is -1.26. The average Bonchev–Trinajstić information content (AvgIpc) is 2.68. The van der Waals surface area contributed by atoms with E-state index in [-0.39, 0.29) is 17.6 Å². The number of ether oxygens (including phenoxy) is 1. The molecule has 2 atom stereocenters. The number of carbonyl (C=O) groups is 2. The first-order valence-electron chi connectivity index (χ1n) is 7.24. The number of carboxylic acid groups (broad SMARTS) is 1. The van der Waals surface area contributed by atoms with E-state index in [1.807, 2.05) is 34.6 Å². The molecular weight excluding hydrogens is 258 g/mol. The van der Waals surface area contributed by atoms with Gasteiger partial charge in [-0.1, -0.05) is 13.8 Å². The highest BCUT2D eigenvalue weighted by Crippen LogP contribution is 2.67. The zero-order chi connectivity index (χ0) is 15.3. The molecule has 1 aliphatic heterocycles. The Labute approximate surface area is 120 Å². The molecule has 114 valence electrons. The van der Waals surface area contributed by atoms with Crippen LogP contribution in [0.5, 0.6) is 0 Å². The molecule has 2 rings (SSSR count). The summed E-state index contributed by atoms with van der Waals surface area (Å²) in [6.07, 6.45) is 1.83. The van der Waals surface area contributed by atoms with Crippen molar-refractivity contribution in [2.45, 2.75) is 65.5 Å². The summed E-state index contributed by atoms with van der Waals surface area (Å²) >= 11 is 0. The number of carbonyl (C=O) groups excluding carboxylic acids is 1. The second-order valence-electron chi connectivity index (χ2n) is 7.67. The molecule has 1 heterocycles. The molecule has 1 N–H and O–H groups in total. The highest BCUT2D eigenvalue weighted by atomic mass is 16.6. The third kappa shape index (κ3) is 2.27. The molecule has 5 nitrogen and oxygen atoms in total. The molecule has 1 aliphatic carbocycles. The monoisotopic (exact) mass is 283 g/mol. The summed E-state index contributed by atoms with van der Waals surface area (Å²) in [7, 11) is 0. The van der Waals surface area contributed by atoms with Gasteiger partial charge in [0.05, 0.1) is 11.5 Å². The molecular formula is C15H25NO4. The molecule has 1 saturated carbocycles. The van der Waals surface area contributed by atoms with Crippen molar-refractivity contribution >= 4 is 12.1 Å². The summed E-state index contributed by atoms with van der Waals surface area (Å²) in [4.78, 5) is 25.7. The predicted molar refractivity (Wildman–Crippen MR) is 74.4 cm³/mol. The summed E-state index contributed by atoms with van der Waals surface area (Å²) < 4.78 is 5.42. The zero-order valence-corrected chi connectivity index (χ0v) is 13.0. The van der Waals surface area contributed by atoms with Crippen LogP contribution >= 0.6 is 0 Å². The first-order valence-corrected chi connectivity index (χ1v) is 7.24. The molecule has 2 unspecified atom stereocenters. The van der Waals surface area contributed by atoms with Gasteiger partial charge in [-0.3, -0.25) is 4.79 Å². The fourth-order valence-corrected chi connectivity index (χ4v) is 3.55. The maximum absolute atomic E-state index is 12.3. The van der Waals surface area contributed by atoms with Gasteiger partial charge in [-0.05, 0) is 45.4 Å². The molecule has 5 heteroatoms. The normalized spacial score (nSPS) is 32.0. The van der Waals surface area contributed by atoms with Crippen molar-refractivity contribution in [2.75, 3.05) is 6.54 Å². The molecule has 20 heavy (non-hydrogen) atoms. The highest BCUT2D eigenvalue weighted by Gasteiger charge is 2.72. The molecule has 0 aromatic rings. The number of likely N-dealkylation sites (tertiary alicyclic amines) is 1. The lowest BCUT2D eigenvalue weighted by Gasteiger charge is -2.33. The van der Waals surface area contributed by atoms with Crippen LogP contribution in [-0.2, 0) is 9.53 Å². The Morgan fingerprint density at radius 3 is 2.25 bits per heavy atom. The first kappa shape index (κ1) is 15.1. The van der Waals surface area contributed by atoms with Crippen molar-refractivity contribution in [2.24, 2.45) is 10.8 Å². The Kier molecular flexibility index (Phi) is 3.30. The minimum atomic E-state index is -0.805. The Morgan fingerprint density at radius 2 is 1.85 bits per heavy atom. The average molecular weight is 283 g/mol. The summed E-state index contributed by atoms with van der Waals surface area (Å²) in [5, 5.41) is 9.65. The second-order valence-corrected chi connectivity index (χ2v) is 7.67. The van der Waals surface area contributed by atoms with Crippen LogP contribution in [0.25, 0.3) is 0 Å². The summed E-state index contributed by atoms with van der Waals surface area (Å²) in [6.45, 7) is 9.99. The van der Waals surface area contributed by atoms with Crippen LogP contribution in [0, 0.1) is 10.8 Å². The van der Waals surface area contributed by atoms with Gasteiger partial charge in [-0.15, -0.1) is 0 Å². The fourth-order valence-electron chi connectivity index (χ4n) is 3.55. The summed E-state index contributed by atoms with van der Waals surface area (Å²) in [5.41, 5.74) is -1.62.